The molecule has 4 aliphatic heterocycles. The van der Waals surface area contributed by atoms with E-state index in [0.29, 0.717) is 82.9 Å². The number of methoxy groups -OCH3 is 3. The van der Waals surface area contributed by atoms with Crippen molar-refractivity contribution in [2.45, 2.75) is 225 Å². The molecule has 460 valence electrons. The Morgan fingerprint density at radius 2 is 1.61 bits per heavy atom. The molecule has 5 aliphatic rings. The molecule has 5 heterocycles. The maximum absolute atomic E-state index is 14.3. The third-order valence-electron chi connectivity index (χ3n) is 17.9. The van der Waals surface area contributed by atoms with Crippen LogP contribution in [-0.2, 0) is 68.4 Å². The van der Waals surface area contributed by atoms with Crippen LogP contribution in [0.1, 0.15) is 164 Å². The Balaban J connectivity index is 0.000000394. The predicted octanol–water partition coefficient (Wildman–Crippen LogP) is 8.27. The van der Waals surface area contributed by atoms with Gasteiger partial charge in [-0.15, -0.1) is 11.6 Å². The zero-order valence-electron chi connectivity index (χ0n) is 50.9. The van der Waals surface area contributed by atoms with Gasteiger partial charge >= 0.3 is 11.9 Å². The van der Waals surface area contributed by atoms with Crippen molar-refractivity contribution in [3.63, 3.8) is 0 Å². The van der Waals surface area contributed by atoms with E-state index in [9.17, 15) is 43.8 Å². The summed E-state index contributed by atoms with van der Waals surface area (Å²) in [5.74, 6) is -8.72. The molecular formula is C63H96ClN3O15. The number of aliphatic hydroxyl groups excluding tert-OH is 1. The highest BCUT2D eigenvalue weighted by Crippen LogP contribution is 2.40. The molecule has 1 aliphatic carbocycles. The third kappa shape index (κ3) is 17.6. The number of hydrogen-bond acceptors (Lipinski definition) is 16. The number of fused-ring (bicyclic) bond motifs is 3. The summed E-state index contributed by atoms with van der Waals surface area (Å²) in [6.45, 7) is 17.5. The molecular weight excluding hydrogens is 1070 g/mol. The average Bonchev–Trinajstić information content (AvgIpc) is 3.19. The third-order valence-corrected chi connectivity index (χ3v) is 18.4. The molecule has 18 nitrogen and oxygen atoms in total. The van der Waals surface area contributed by atoms with Crippen molar-refractivity contribution in [2.75, 3.05) is 41.0 Å². The fourth-order valence-electron chi connectivity index (χ4n) is 12.3. The standard InChI is InChI=1S/C43H68ClNO11.C20H28N2O4/c1-10-30-18-24(2)17-25(3)19-36(53-8)39-37(54-9)21-27(5)43(51,56-39)40(48)41(49)45-16-12-11-13-32(45)42(50)55-38(28(6)33(46)23-34(30)47)26(4)20-29-14-15-31(44)35(22-29)52-7;1-4-20(2,3)17(23)18(24)22-12-6-10-16(22)19(25)26-13-7-9-15-8-5-11-21-14-15/h18,20,25,27-33,35-39,46,51H,10-17,19,21-23H2,1-9H3;5,8,11,14,16H,4,6-7,9-10,12-13H2,1-3H3/b24-18+,26-20+;/t25-,27+,28+,29-,30+,31+,32-,33-,35+,36-,37-,38+,39+,43+;/m0./s1. The number of rotatable bonds is 14. The number of piperidine rings is 1. The number of aryl methyl sites for hydroxylation is 1. The summed E-state index contributed by atoms with van der Waals surface area (Å²) >= 11 is 6.52. The molecule has 2 N–H and O–H groups in total. The van der Waals surface area contributed by atoms with Gasteiger partial charge in [0.2, 0.25) is 11.6 Å². The average molecular weight is 1170 g/mol. The second-order valence-electron chi connectivity index (χ2n) is 24.5. The molecule has 0 aromatic carbocycles. The summed E-state index contributed by atoms with van der Waals surface area (Å²) in [7, 11) is 4.71. The van der Waals surface area contributed by atoms with Gasteiger partial charge in [0.15, 0.2) is 0 Å². The minimum absolute atomic E-state index is 0.0425. The van der Waals surface area contributed by atoms with Crippen molar-refractivity contribution >= 4 is 52.7 Å². The zero-order chi connectivity index (χ0) is 60.6. The normalized spacial score (nSPS) is 33.8. The number of likely N-dealkylation sites (tertiary alicyclic amines) is 1. The first-order chi connectivity index (χ1) is 38.8. The summed E-state index contributed by atoms with van der Waals surface area (Å²) in [4.78, 5) is 100. The molecule has 1 aromatic rings. The van der Waals surface area contributed by atoms with Crippen LogP contribution < -0.4 is 0 Å². The zero-order valence-corrected chi connectivity index (χ0v) is 51.7. The number of aliphatic hydroxyl groups is 2. The minimum atomic E-state index is -2.49. The van der Waals surface area contributed by atoms with E-state index in [1.165, 1.54) is 24.0 Å². The molecule has 0 spiro atoms. The largest absolute Gasteiger partial charge is 0.464 e. The maximum Gasteiger partial charge on any atom is 0.329 e. The van der Waals surface area contributed by atoms with Crippen LogP contribution in [0.5, 0.6) is 0 Å². The van der Waals surface area contributed by atoms with E-state index in [2.05, 4.69) is 11.9 Å². The van der Waals surface area contributed by atoms with Gasteiger partial charge in [0.05, 0.1) is 36.4 Å². The molecule has 2 bridgehead atoms. The number of alkyl halides is 1. The lowest BCUT2D eigenvalue weighted by atomic mass is 9.82. The summed E-state index contributed by atoms with van der Waals surface area (Å²) in [5, 5.41) is 23.6. The summed E-state index contributed by atoms with van der Waals surface area (Å²) < 4.78 is 35.2. The van der Waals surface area contributed by atoms with Crippen LogP contribution in [0.2, 0.25) is 0 Å². The number of amides is 2. The van der Waals surface area contributed by atoms with Crippen molar-refractivity contribution in [2.24, 2.45) is 35.0 Å². The fraction of sp³-hybridized carbons (Fsp3) is 0.746. The molecule has 3 saturated heterocycles. The molecule has 4 fully saturated rings. The Hall–Kier alpha value is -4.43. The van der Waals surface area contributed by atoms with E-state index in [4.69, 9.17) is 40.0 Å². The number of pyridine rings is 1. The fourth-order valence-corrected chi connectivity index (χ4v) is 12.6. The first-order valence-electron chi connectivity index (χ1n) is 30.0. The van der Waals surface area contributed by atoms with E-state index in [1.54, 1.807) is 47.2 Å². The number of ether oxygens (including phenoxy) is 6. The number of Topliss-reactive ketones (excluding diaryl/α,β-unsaturated/α-hetero) is 3. The lowest BCUT2D eigenvalue weighted by Gasteiger charge is -2.47. The Morgan fingerprint density at radius 1 is 0.915 bits per heavy atom. The van der Waals surface area contributed by atoms with Gasteiger partial charge < -0.3 is 48.4 Å². The Kier molecular flexibility index (Phi) is 26.4. The number of aromatic nitrogens is 1. The first kappa shape index (κ1) is 68.4. The lowest BCUT2D eigenvalue weighted by molar-refractivity contribution is -0.302. The van der Waals surface area contributed by atoms with E-state index in [-0.39, 0.29) is 54.9 Å². The highest BCUT2D eigenvalue weighted by Gasteiger charge is 2.57. The van der Waals surface area contributed by atoms with Gasteiger partial charge in [-0.3, -0.25) is 29.0 Å². The first-order valence-corrected chi connectivity index (χ1v) is 30.4. The van der Waals surface area contributed by atoms with Gasteiger partial charge in [-0.05, 0) is 139 Å². The quantitative estimate of drug-likeness (QED) is 0.0586. The highest BCUT2D eigenvalue weighted by atomic mass is 35.5. The number of halogens is 1. The van der Waals surface area contributed by atoms with E-state index >= 15 is 0 Å². The van der Waals surface area contributed by atoms with E-state index in [0.717, 1.165) is 30.4 Å². The van der Waals surface area contributed by atoms with Crippen LogP contribution in [0.15, 0.2) is 47.8 Å². The Labute approximate surface area is 492 Å². The molecule has 2 amide bonds. The van der Waals surface area contributed by atoms with E-state index < -0.39 is 107 Å². The number of nitrogens with zero attached hydrogens (tertiary/aromatic N) is 3. The van der Waals surface area contributed by atoms with Gasteiger partial charge in [-0.2, -0.15) is 0 Å². The minimum Gasteiger partial charge on any atom is -0.464 e. The molecule has 1 unspecified atom stereocenters. The van der Waals surface area contributed by atoms with Crippen LogP contribution in [0.4, 0.5) is 0 Å². The number of carbonyl (C=O) groups is 7. The van der Waals surface area contributed by atoms with Gasteiger partial charge in [0.1, 0.15) is 30.1 Å². The second kappa shape index (κ2) is 31.6. The van der Waals surface area contributed by atoms with Gasteiger partial charge in [0.25, 0.3) is 17.6 Å². The van der Waals surface area contributed by atoms with Crippen molar-refractivity contribution in [1.29, 1.82) is 0 Å². The summed E-state index contributed by atoms with van der Waals surface area (Å²) in [5.41, 5.74) is 2.09. The van der Waals surface area contributed by atoms with Crippen molar-refractivity contribution in [3.05, 3.63) is 53.4 Å². The number of hydrogen-bond donors (Lipinski definition) is 2. The number of cyclic esters (lactones) is 1. The number of allylic oxidation sites excluding steroid dienone is 3. The van der Waals surface area contributed by atoms with Crippen molar-refractivity contribution in [1.82, 2.24) is 14.8 Å². The molecule has 6 rings (SSSR count). The number of ketones is 3. The molecule has 1 saturated carbocycles. The van der Waals surface area contributed by atoms with Gasteiger partial charge in [-0.1, -0.05) is 72.3 Å². The van der Waals surface area contributed by atoms with Gasteiger partial charge in [-0.25, -0.2) is 9.59 Å². The SMILES string of the molecule is CCC(C)(C)C(=O)C(=O)N1CCCC1C(=O)OCCCc1cccnc1.CC[C@@H]1/C=C(\C)C[C@H](C)C[C@H](OC)[C@H]2O[C@@](O)(C(=O)C(=O)N3CCCC[C@H]3C(=O)O[C@H](/C(C)=C/[C@@H]3CC[C@@H](Cl)[C@H](OC)C3)[C@H](C)[C@@H](O)CC1=O)[C@H](C)C[C@@H]2OC. The molecule has 82 heavy (non-hydrogen) atoms. The molecule has 19 heteroatoms. The predicted molar refractivity (Wildman–Crippen MR) is 309 cm³/mol. The highest BCUT2D eigenvalue weighted by molar-refractivity contribution is 6.39. The summed E-state index contributed by atoms with van der Waals surface area (Å²) in [6.07, 6.45) is 12.0. The van der Waals surface area contributed by atoms with Crippen LogP contribution in [0, 0.1) is 35.0 Å². The number of esters is 2. The van der Waals surface area contributed by atoms with Crippen molar-refractivity contribution in [3.8, 4) is 0 Å². The monoisotopic (exact) mass is 1170 g/mol. The lowest BCUT2D eigenvalue weighted by Crippen LogP contribution is -2.64. The molecule has 15 atom stereocenters. The van der Waals surface area contributed by atoms with Crippen LogP contribution in [-0.4, -0.2) is 167 Å². The maximum atomic E-state index is 14.3. The number of carbonyl (C=O) groups excluding carboxylic acids is 7. The molecule has 0 radical (unpaired) electrons. The smallest absolute Gasteiger partial charge is 0.329 e. The van der Waals surface area contributed by atoms with Crippen LogP contribution in [0.25, 0.3) is 0 Å². The second-order valence-corrected chi connectivity index (χ2v) is 25.0. The Morgan fingerprint density at radius 3 is 2.26 bits per heavy atom. The topological polar surface area (TPSA) is 235 Å². The van der Waals surface area contributed by atoms with Crippen LogP contribution >= 0.6 is 11.6 Å². The summed E-state index contributed by atoms with van der Waals surface area (Å²) in [6, 6.07) is 2.10. The van der Waals surface area contributed by atoms with Crippen LogP contribution in [0.3, 0.4) is 0 Å². The van der Waals surface area contributed by atoms with Crippen molar-refractivity contribution < 1.29 is 72.2 Å². The Bertz CT molecular complexity index is 2380. The molecule has 1 aromatic heterocycles. The van der Waals surface area contributed by atoms with Gasteiger partial charge in [0, 0.05) is 76.4 Å². The van der Waals surface area contributed by atoms with E-state index in [1.807, 2.05) is 52.0 Å².